The van der Waals surface area contributed by atoms with E-state index in [9.17, 15) is 0 Å². The van der Waals surface area contributed by atoms with E-state index in [-0.39, 0.29) is 0 Å². The molecule has 0 atom stereocenters. The summed E-state index contributed by atoms with van der Waals surface area (Å²) in [7, 11) is 0. The van der Waals surface area contributed by atoms with Crippen molar-refractivity contribution < 1.29 is 0 Å². The summed E-state index contributed by atoms with van der Waals surface area (Å²) >= 11 is 5.94. The number of benzene rings is 1. The van der Waals surface area contributed by atoms with E-state index < -0.39 is 0 Å². The Bertz CT molecular complexity index is 891. The number of hydrogen-bond acceptors (Lipinski definition) is 4. The number of nitrogens with one attached hydrogen (secondary N) is 2. The van der Waals surface area contributed by atoms with E-state index in [0.29, 0.717) is 5.15 Å². The predicted octanol–water partition coefficient (Wildman–Crippen LogP) is 4.50. The van der Waals surface area contributed by atoms with Gasteiger partial charge in [0.15, 0.2) is 0 Å². The van der Waals surface area contributed by atoms with Crippen molar-refractivity contribution in [3.05, 3.63) is 77.2 Å². The lowest BCUT2D eigenvalue weighted by Gasteiger charge is -2.06. The summed E-state index contributed by atoms with van der Waals surface area (Å²) < 4.78 is 0. The first-order chi connectivity index (χ1) is 12.3. The molecule has 5 heteroatoms. The molecule has 3 aromatic rings. The summed E-state index contributed by atoms with van der Waals surface area (Å²) in [5.41, 5.74) is 4.45. The Morgan fingerprint density at radius 2 is 1.96 bits per heavy atom. The number of halogens is 1. The molecule has 4 nitrogen and oxygen atoms in total. The van der Waals surface area contributed by atoms with Crippen LogP contribution in [0.25, 0.3) is 16.6 Å². The first-order valence-electron chi connectivity index (χ1n) is 8.17. The van der Waals surface area contributed by atoms with Crippen molar-refractivity contribution in [2.24, 2.45) is 0 Å². The maximum absolute atomic E-state index is 7.66. The minimum absolute atomic E-state index is 0.436. The van der Waals surface area contributed by atoms with Gasteiger partial charge in [-0.1, -0.05) is 41.9 Å². The zero-order chi connectivity index (χ0) is 17.5. The number of aryl methyl sites for hydroxylation is 1. The molecule has 2 N–H and O–H groups in total. The second-order valence-corrected chi connectivity index (χ2v) is 6.07. The second-order valence-electron chi connectivity index (χ2n) is 5.68. The third-order valence-electron chi connectivity index (χ3n) is 3.88. The van der Waals surface area contributed by atoms with E-state index in [1.165, 1.54) is 11.8 Å². The van der Waals surface area contributed by atoms with Gasteiger partial charge in [0.2, 0.25) is 0 Å². The zero-order valence-corrected chi connectivity index (χ0v) is 14.5. The van der Waals surface area contributed by atoms with Crippen molar-refractivity contribution in [2.75, 3.05) is 6.54 Å². The quantitative estimate of drug-likeness (QED) is 0.375. The van der Waals surface area contributed by atoms with E-state index in [4.69, 9.17) is 17.0 Å². The predicted molar refractivity (Wildman–Crippen MR) is 104 cm³/mol. The fraction of sp³-hybridized carbons (Fsp3) is 0.150. The normalized spacial score (nSPS) is 11.5. The number of pyridine rings is 2. The summed E-state index contributed by atoms with van der Waals surface area (Å²) in [5, 5.41) is 11.4. The second kappa shape index (κ2) is 8.40. The SMILES string of the molecule is N=C/C(=C\NCCCc1ccccc1)c1cnc2ccc(Cl)nc2c1. The van der Waals surface area contributed by atoms with Gasteiger partial charge in [-0.3, -0.25) is 4.98 Å². The summed E-state index contributed by atoms with van der Waals surface area (Å²) in [6, 6.07) is 15.9. The highest BCUT2D eigenvalue weighted by atomic mass is 35.5. The van der Waals surface area contributed by atoms with Crippen LogP contribution in [0.5, 0.6) is 0 Å². The Hall–Kier alpha value is -2.72. The molecule has 0 saturated carbocycles. The van der Waals surface area contributed by atoms with Gasteiger partial charge in [-0.05, 0) is 36.6 Å². The lowest BCUT2D eigenvalue weighted by molar-refractivity contribution is 0.753. The molecule has 2 aromatic heterocycles. The van der Waals surface area contributed by atoms with E-state index >= 15 is 0 Å². The summed E-state index contributed by atoms with van der Waals surface area (Å²) in [5.74, 6) is 0. The molecule has 126 valence electrons. The molecule has 0 saturated heterocycles. The van der Waals surface area contributed by atoms with E-state index in [1.54, 1.807) is 12.3 Å². The molecular formula is C20H19ClN4. The summed E-state index contributed by atoms with van der Waals surface area (Å²) in [6.45, 7) is 0.845. The van der Waals surface area contributed by atoms with Crippen LogP contribution >= 0.6 is 11.6 Å². The summed E-state index contributed by atoms with van der Waals surface area (Å²) in [4.78, 5) is 8.66. The fourth-order valence-corrected chi connectivity index (χ4v) is 2.72. The highest BCUT2D eigenvalue weighted by molar-refractivity contribution is 6.29. The Kier molecular flexibility index (Phi) is 5.75. The Labute approximate surface area is 152 Å². The standard InChI is InChI=1S/C20H19ClN4/c21-20-9-8-18-19(25-20)11-16(14-24-18)17(12-22)13-23-10-4-7-15-5-2-1-3-6-15/h1-3,5-6,8-9,11-14,22-23H,4,7,10H2/b17-13+,22-12?. The highest BCUT2D eigenvalue weighted by Crippen LogP contribution is 2.18. The molecule has 0 radical (unpaired) electrons. The van der Waals surface area contributed by atoms with Gasteiger partial charge in [-0.25, -0.2) is 4.98 Å². The average molecular weight is 351 g/mol. The van der Waals surface area contributed by atoms with Crippen LogP contribution in [-0.4, -0.2) is 22.7 Å². The first-order valence-corrected chi connectivity index (χ1v) is 8.55. The van der Waals surface area contributed by atoms with E-state index in [2.05, 4.69) is 39.6 Å². The van der Waals surface area contributed by atoms with Gasteiger partial charge in [0.05, 0.1) is 11.0 Å². The Morgan fingerprint density at radius 3 is 2.76 bits per heavy atom. The number of fused-ring (bicyclic) bond motifs is 1. The van der Waals surface area contributed by atoms with Crippen molar-refractivity contribution in [2.45, 2.75) is 12.8 Å². The fourth-order valence-electron chi connectivity index (χ4n) is 2.57. The van der Waals surface area contributed by atoms with Crippen molar-refractivity contribution >= 4 is 34.4 Å². The van der Waals surface area contributed by atoms with Crippen LogP contribution in [0.1, 0.15) is 17.5 Å². The third kappa shape index (κ3) is 4.64. The van der Waals surface area contributed by atoms with Gasteiger partial charge in [-0.2, -0.15) is 0 Å². The molecule has 0 unspecified atom stereocenters. The van der Waals surface area contributed by atoms with Crippen molar-refractivity contribution in [1.29, 1.82) is 5.41 Å². The van der Waals surface area contributed by atoms with Gasteiger partial charge in [0.25, 0.3) is 0 Å². The lowest BCUT2D eigenvalue weighted by atomic mass is 10.1. The van der Waals surface area contributed by atoms with Gasteiger partial charge in [-0.15, -0.1) is 0 Å². The molecule has 0 aliphatic heterocycles. The highest BCUT2D eigenvalue weighted by Gasteiger charge is 2.03. The van der Waals surface area contributed by atoms with Crippen LogP contribution in [0.2, 0.25) is 5.15 Å². The smallest absolute Gasteiger partial charge is 0.129 e. The van der Waals surface area contributed by atoms with Crippen LogP contribution in [0, 0.1) is 5.41 Å². The molecule has 0 aliphatic carbocycles. The molecule has 0 bridgehead atoms. The first kappa shape index (κ1) is 17.1. The van der Waals surface area contributed by atoms with Crippen LogP contribution in [0.3, 0.4) is 0 Å². The number of allylic oxidation sites excluding steroid dienone is 1. The minimum Gasteiger partial charge on any atom is -0.390 e. The van der Waals surface area contributed by atoms with Crippen molar-refractivity contribution in [1.82, 2.24) is 15.3 Å². The largest absolute Gasteiger partial charge is 0.390 e. The number of hydrogen-bond donors (Lipinski definition) is 2. The molecule has 0 spiro atoms. The maximum atomic E-state index is 7.66. The van der Waals surface area contributed by atoms with E-state index in [0.717, 1.165) is 41.6 Å². The van der Waals surface area contributed by atoms with Crippen LogP contribution < -0.4 is 5.32 Å². The molecule has 0 amide bonds. The molecule has 0 aliphatic rings. The Balaban J connectivity index is 1.63. The summed E-state index contributed by atoms with van der Waals surface area (Å²) in [6.07, 6.45) is 6.98. The number of nitrogens with zero attached hydrogens (tertiary/aromatic N) is 2. The van der Waals surface area contributed by atoms with Crippen LogP contribution in [-0.2, 0) is 6.42 Å². The number of rotatable bonds is 7. The van der Waals surface area contributed by atoms with Gasteiger partial charge < -0.3 is 10.7 Å². The van der Waals surface area contributed by atoms with Crippen molar-refractivity contribution in [3.63, 3.8) is 0 Å². The lowest BCUT2D eigenvalue weighted by Crippen LogP contribution is -2.09. The molecular weight excluding hydrogens is 332 g/mol. The third-order valence-corrected chi connectivity index (χ3v) is 4.09. The Morgan fingerprint density at radius 1 is 1.12 bits per heavy atom. The monoisotopic (exact) mass is 350 g/mol. The van der Waals surface area contributed by atoms with Gasteiger partial charge in [0, 0.05) is 36.3 Å². The zero-order valence-electron chi connectivity index (χ0n) is 13.7. The van der Waals surface area contributed by atoms with Crippen LogP contribution in [0.4, 0.5) is 0 Å². The van der Waals surface area contributed by atoms with E-state index in [1.807, 2.05) is 24.4 Å². The number of aromatic nitrogens is 2. The molecule has 1 aromatic carbocycles. The van der Waals surface area contributed by atoms with Gasteiger partial charge in [0.1, 0.15) is 5.15 Å². The van der Waals surface area contributed by atoms with Gasteiger partial charge >= 0.3 is 0 Å². The molecule has 2 heterocycles. The topological polar surface area (TPSA) is 61.7 Å². The molecule has 0 fully saturated rings. The molecule has 25 heavy (non-hydrogen) atoms. The average Bonchev–Trinajstić information content (AvgIpc) is 2.65. The molecule has 3 rings (SSSR count). The minimum atomic E-state index is 0.436. The maximum Gasteiger partial charge on any atom is 0.129 e. The van der Waals surface area contributed by atoms with Crippen molar-refractivity contribution in [3.8, 4) is 0 Å². The van der Waals surface area contributed by atoms with Crippen LogP contribution in [0.15, 0.2) is 60.9 Å².